The van der Waals surface area contributed by atoms with Gasteiger partial charge in [0.15, 0.2) is 0 Å². The molecule has 5 nitrogen and oxygen atoms in total. The molecule has 0 aliphatic rings. The molecule has 5 heteroatoms. The number of aliphatic hydroxyl groups is 1. The molecule has 1 unspecified atom stereocenters. The molecule has 1 aromatic heterocycles. The third-order valence-electron chi connectivity index (χ3n) is 2.15. The van der Waals surface area contributed by atoms with Gasteiger partial charge in [-0.1, -0.05) is 19.9 Å². The van der Waals surface area contributed by atoms with Crippen molar-refractivity contribution in [2.75, 3.05) is 11.9 Å². The van der Waals surface area contributed by atoms with Crippen LogP contribution in [0.4, 0.5) is 10.6 Å². The Labute approximate surface area is 101 Å². The number of carbonyl (C=O) groups excluding carboxylic acids is 1. The molecule has 0 aromatic carbocycles. The molecule has 2 amide bonds. The number of aromatic nitrogens is 1. The molecule has 94 valence electrons. The lowest BCUT2D eigenvalue weighted by atomic mass is 10.1. The number of hydrogen-bond acceptors (Lipinski definition) is 3. The van der Waals surface area contributed by atoms with Gasteiger partial charge in [-0.3, -0.25) is 5.32 Å². The molecule has 0 fully saturated rings. The summed E-state index contributed by atoms with van der Waals surface area (Å²) in [4.78, 5) is 15.4. The molecular formula is C12H19N3O2. The van der Waals surface area contributed by atoms with Crippen LogP contribution in [0, 0.1) is 5.92 Å². The Morgan fingerprint density at radius 2 is 2.24 bits per heavy atom. The van der Waals surface area contributed by atoms with Gasteiger partial charge >= 0.3 is 6.03 Å². The number of hydrogen-bond donors (Lipinski definition) is 3. The maximum atomic E-state index is 11.4. The Hall–Kier alpha value is -1.62. The van der Waals surface area contributed by atoms with E-state index in [1.807, 2.05) is 13.8 Å². The fourth-order valence-corrected chi connectivity index (χ4v) is 1.44. The average molecular weight is 237 g/mol. The van der Waals surface area contributed by atoms with E-state index in [2.05, 4.69) is 15.6 Å². The number of nitrogens with zero attached hydrogens (tertiary/aromatic N) is 1. The zero-order valence-electron chi connectivity index (χ0n) is 10.2. The highest BCUT2D eigenvalue weighted by molar-refractivity contribution is 5.88. The lowest BCUT2D eigenvalue weighted by molar-refractivity contribution is 0.148. The Kier molecular flexibility index (Phi) is 5.42. The Balaban J connectivity index is 2.26. The predicted octanol–water partition coefficient (Wildman–Crippen LogP) is 1.61. The largest absolute Gasteiger partial charge is 0.391 e. The van der Waals surface area contributed by atoms with Gasteiger partial charge in [-0.05, 0) is 24.5 Å². The Morgan fingerprint density at radius 1 is 1.47 bits per heavy atom. The number of rotatable bonds is 5. The standard InChI is InChI=1S/C12H19N3O2/c1-9(2)7-10(16)8-14-12(17)15-11-5-3-4-6-13-11/h3-6,9-10,16H,7-8H2,1-2H3,(H2,13,14,15,17). The molecule has 1 rings (SSSR count). The van der Waals surface area contributed by atoms with Crippen LogP contribution in [0.1, 0.15) is 20.3 Å². The van der Waals surface area contributed by atoms with E-state index < -0.39 is 6.10 Å². The van der Waals surface area contributed by atoms with Crippen molar-refractivity contribution in [3.63, 3.8) is 0 Å². The van der Waals surface area contributed by atoms with E-state index in [1.54, 1.807) is 24.4 Å². The molecule has 0 radical (unpaired) electrons. The van der Waals surface area contributed by atoms with E-state index in [1.165, 1.54) is 0 Å². The van der Waals surface area contributed by atoms with Crippen LogP contribution < -0.4 is 10.6 Å². The summed E-state index contributed by atoms with van der Waals surface area (Å²) in [5, 5.41) is 14.8. The first kappa shape index (κ1) is 13.4. The number of aliphatic hydroxyl groups excluding tert-OH is 1. The minimum Gasteiger partial charge on any atom is -0.391 e. The van der Waals surface area contributed by atoms with Crippen LogP contribution in [0.2, 0.25) is 0 Å². The van der Waals surface area contributed by atoms with Gasteiger partial charge in [0.25, 0.3) is 0 Å². The molecule has 0 saturated carbocycles. The summed E-state index contributed by atoms with van der Waals surface area (Å²) in [6.45, 7) is 4.30. The third-order valence-corrected chi connectivity index (χ3v) is 2.15. The topological polar surface area (TPSA) is 74.2 Å². The molecular weight excluding hydrogens is 218 g/mol. The van der Waals surface area contributed by atoms with Gasteiger partial charge < -0.3 is 10.4 Å². The number of pyridine rings is 1. The first-order chi connectivity index (χ1) is 8.08. The van der Waals surface area contributed by atoms with Crippen LogP contribution in [0.3, 0.4) is 0 Å². The predicted molar refractivity (Wildman–Crippen MR) is 66.7 cm³/mol. The molecule has 17 heavy (non-hydrogen) atoms. The van der Waals surface area contributed by atoms with Crippen molar-refractivity contribution in [1.82, 2.24) is 10.3 Å². The van der Waals surface area contributed by atoms with E-state index in [0.29, 0.717) is 18.2 Å². The molecule has 0 saturated heterocycles. The molecule has 0 aliphatic heterocycles. The van der Waals surface area contributed by atoms with Gasteiger partial charge in [0, 0.05) is 12.7 Å². The summed E-state index contributed by atoms with van der Waals surface area (Å²) in [6, 6.07) is 4.90. The highest BCUT2D eigenvalue weighted by Gasteiger charge is 2.08. The molecule has 3 N–H and O–H groups in total. The van der Waals surface area contributed by atoms with Crippen LogP contribution in [0.15, 0.2) is 24.4 Å². The van der Waals surface area contributed by atoms with E-state index in [4.69, 9.17) is 0 Å². The van der Waals surface area contributed by atoms with Gasteiger partial charge in [-0.15, -0.1) is 0 Å². The number of urea groups is 1. The Morgan fingerprint density at radius 3 is 2.82 bits per heavy atom. The van der Waals surface area contributed by atoms with E-state index >= 15 is 0 Å². The van der Waals surface area contributed by atoms with Crippen molar-refractivity contribution in [3.05, 3.63) is 24.4 Å². The molecule has 0 aliphatic carbocycles. The van der Waals surface area contributed by atoms with E-state index in [0.717, 1.165) is 0 Å². The van der Waals surface area contributed by atoms with Crippen molar-refractivity contribution in [3.8, 4) is 0 Å². The second kappa shape index (κ2) is 6.85. The quantitative estimate of drug-likeness (QED) is 0.728. The molecule has 1 aromatic rings. The minimum atomic E-state index is -0.510. The van der Waals surface area contributed by atoms with Crippen molar-refractivity contribution in [2.45, 2.75) is 26.4 Å². The molecule has 0 bridgehead atoms. The first-order valence-electron chi connectivity index (χ1n) is 5.72. The maximum Gasteiger partial charge on any atom is 0.320 e. The fraction of sp³-hybridized carbons (Fsp3) is 0.500. The number of amides is 2. The highest BCUT2D eigenvalue weighted by Crippen LogP contribution is 2.03. The van der Waals surface area contributed by atoms with Gasteiger partial charge in [-0.25, -0.2) is 9.78 Å². The van der Waals surface area contributed by atoms with Crippen LogP contribution in [-0.2, 0) is 0 Å². The summed E-state index contributed by atoms with van der Waals surface area (Å²) in [5.41, 5.74) is 0. The lowest BCUT2D eigenvalue weighted by Gasteiger charge is -2.14. The second-order valence-electron chi connectivity index (χ2n) is 4.33. The second-order valence-corrected chi connectivity index (χ2v) is 4.33. The van der Waals surface area contributed by atoms with Crippen LogP contribution >= 0.6 is 0 Å². The normalized spacial score (nSPS) is 12.2. The monoisotopic (exact) mass is 237 g/mol. The summed E-state index contributed by atoms with van der Waals surface area (Å²) >= 11 is 0. The minimum absolute atomic E-state index is 0.247. The van der Waals surface area contributed by atoms with Crippen molar-refractivity contribution in [1.29, 1.82) is 0 Å². The van der Waals surface area contributed by atoms with Gasteiger partial charge in [0.05, 0.1) is 6.10 Å². The van der Waals surface area contributed by atoms with Crippen LogP contribution in [-0.4, -0.2) is 28.8 Å². The van der Waals surface area contributed by atoms with E-state index in [9.17, 15) is 9.90 Å². The summed E-state index contributed by atoms with van der Waals surface area (Å²) in [6.07, 6.45) is 1.76. The third kappa shape index (κ3) is 5.87. The number of nitrogens with one attached hydrogen (secondary N) is 2. The number of anilines is 1. The summed E-state index contributed by atoms with van der Waals surface area (Å²) < 4.78 is 0. The summed E-state index contributed by atoms with van der Waals surface area (Å²) in [7, 11) is 0. The molecule has 1 atom stereocenters. The molecule has 1 heterocycles. The summed E-state index contributed by atoms with van der Waals surface area (Å²) in [5.74, 6) is 0.897. The van der Waals surface area contributed by atoms with Crippen molar-refractivity contribution in [2.24, 2.45) is 5.92 Å². The SMILES string of the molecule is CC(C)CC(O)CNC(=O)Nc1ccccn1. The Bertz CT molecular complexity index is 341. The zero-order chi connectivity index (χ0) is 12.7. The van der Waals surface area contributed by atoms with Crippen LogP contribution in [0.25, 0.3) is 0 Å². The maximum absolute atomic E-state index is 11.4. The average Bonchev–Trinajstić information content (AvgIpc) is 2.27. The van der Waals surface area contributed by atoms with Crippen LogP contribution in [0.5, 0.6) is 0 Å². The fourth-order valence-electron chi connectivity index (χ4n) is 1.44. The van der Waals surface area contributed by atoms with E-state index in [-0.39, 0.29) is 12.6 Å². The van der Waals surface area contributed by atoms with Gasteiger partial charge in [0.2, 0.25) is 0 Å². The first-order valence-corrected chi connectivity index (χ1v) is 5.72. The highest BCUT2D eigenvalue weighted by atomic mass is 16.3. The van der Waals surface area contributed by atoms with Crippen molar-refractivity contribution < 1.29 is 9.90 Å². The van der Waals surface area contributed by atoms with Crippen molar-refractivity contribution >= 4 is 11.8 Å². The zero-order valence-corrected chi connectivity index (χ0v) is 10.2. The smallest absolute Gasteiger partial charge is 0.320 e. The van der Waals surface area contributed by atoms with Gasteiger partial charge in [-0.2, -0.15) is 0 Å². The van der Waals surface area contributed by atoms with Gasteiger partial charge in [0.1, 0.15) is 5.82 Å². The molecule has 0 spiro atoms. The lowest BCUT2D eigenvalue weighted by Crippen LogP contribution is -2.35. The number of carbonyl (C=O) groups is 1.